The van der Waals surface area contributed by atoms with E-state index in [0.29, 0.717) is 12.0 Å². The first-order valence-corrected chi connectivity index (χ1v) is 5.71. The summed E-state index contributed by atoms with van der Waals surface area (Å²) in [5.41, 5.74) is 0.572. The Balaban J connectivity index is 3.09. The van der Waals surface area contributed by atoms with Crippen molar-refractivity contribution in [2.45, 2.75) is 26.4 Å². The molecule has 1 rings (SSSR count). The predicted octanol–water partition coefficient (Wildman–Crippen LogP) is 1.55. The normalized spacial score (nSPS) is 11.5. The number of hydrogen-bond acceptors (Lipinski definition) is 2. The number of amides is 1. The third kappa shape index (κ3) is 3.59. The lowest BCUT2D eigenvalue weighted by molar-refractivity contribution is -0.123. The van der Waals surface area contributed by atoms with E-state index in [1.807, 2.05) is 6.92 Å². The van der Waals surface area contributed by atoms with E-state index in [0.717, 1.165) is 5.69 Å². The molecular formula is C12H15F3N2O2. The number of aryl methyl sites for hydroxylation is 1. The van der Waals surface area contributed by atoms with E-state index >= 15 is 0 Å². The molecule has 1 aromatic rings. The van der Waals surface area contributed by atoms with Crippen LogP contribution in [-0.4, -0.2) is 23.2 Å². The second kappa shape index (κ2) is 5.46. The average Bonchev–Trinajstić information content (AvgIpc) is 2.30. The molecule has 1 heterocycles. The summed E-state index contributed by atoms with van der Waals surface area (Å²) >= 11 is 0. The van der Waals surface area contributed by atoms with Crippen LogP contribution in [0.25, 0.3) is 0 Å². The topological polar surface area (TPSA) is 51.1 Å². The van der Waals surface area contributed by atoms with Crippen molar-refractivity contribution < 1.29 is 18.0 Å². The lowest BCUT2D eigenvalue weighted by atomic mass is 10.1. The largest absolute Gasteiger partial charge is 0.405 e. The third-order valence-corrected chi connectivity index (χ3v) is 2.78. The number of halogens is 3. The zero-order valence-electron chi connectivity index (χ0n) is 10.9. The van der Waals surface area contributed by atoms with Crippen LogP contribution >= 0.6 is 0 Å². The summed E-state index contributed by atoms with van der Waals surface area (Å²) < 4.78 is 37.3. The SMILES string of the molecule is CCc1c(C)cc(C(=O)NCC(F)(F)F)c(=O)n1C. The number of carbonyl (C=O) groups is 1. The monoisotopic (exact) mass is 276 g/mol. The van der Waals surface area contributed by atoms with Crippen LogP contribution in [0.1, 0.15) is 28.5 Å². The van der Waals surface area contributed by atoms with Crippen LogP contribution in [0.15, 0.2) is 10.9 Å². The molecule has 0 saturated heterocycles. The Kier molecular flexibility index (Phi) is 4.39. The van der Waals surface area contributed by atoms with Gasteiger partial charge < -0.3 is 9.88 Å². The quantitative estimate of drug-likeness (QED) is 0.910. The number of carbonyl (C=O) groups excluding carboxylic acids is 1. The molecule has 0 atom stereocenters. The molecule has 4 nitrogen and oxygen atoms in total. The van der Waals surface area contributed by atoms with Crippen molar-refractivity contribution in [1.82, 2.24) is 9.88 Å². The smallest absolute Gasteiger partial charge is 0.343 e. The van der Waals surface area contributed by atoms with Crippen molar-refractivity contribution in [3.63, 3.8) is 0 Å². The van der Waals surface area contributed by atoms with Gasteiger partial charge in [-0.1, -0.05) is 6.92 Å². The van der Waals surface area contributed by atoms with Crippen molar-refractivity contribution in [3.05, 3.63) is 33.2 Å². The van der Waals surface area contributed by atoms with E-state index in [9.17, 15) is 22.8 Å². The van der Waals surface area contributed by atoms with Gasteiger partial charge in [0, 0.05) is 12.7 Å². The maximum absolute atomic E-state index is 12.0. The summed E-state index contributed by atoms with van der Waals surface area (Å²) in [6, 6.07) is 1.33. The zero-order chi connectivity index (χ0) is 14.8. The third-order valence-electron chi connectivity index (χ3n) is 2.78. The van der Waals surface area contributed by atoms with Gasteiger partial charge >= 0.3 is 6.18 Å². The molecule has 0 spiro atoms. The summed E-state index contributed by atoms with van der Waals surface area (Å²) in [5, 5.41) is 1.69. The second-order valence-electron chi connectivity index (χ2n) is 4.20. The minimum atomic E-state index is -4.50. The fraction of sp³-hybridized carbons (Fsp3) is 0.500. The molecular weight excluding hydrogens is 261 g/mol. The molecule has 1 N–H and O–H groups in total. The number of alkyl halides is 3. The van der Waals surface area contributed by atoms with Gasteiger partial charge in [0.15, 0.2) is 0 Å². The minimum Gasteiger partial charge on any atom is -0.343 e. The highest BCUT2D eigenvalue weighted by molar-refractivity contribution is 5.94. The summed E-state index contributed by atoms with van der Waals surface area (Å²) in [4.78, 5) is 23.5. The molecule has 106 valence electrons. The predicted molar refractivity (Wildman–Crippen MR) is 64.2 cm³/mol. The first kappa shape index (κ1) is 15.3. The Bertz CT molecular complexity index is 547. The number of aromatic nitrogens is 1. The molecule has 0 aliphatic heterocycles. The van der Waals surface area contributed by atoms with Crippen LogP contribution < -0.4 is 10.9 Å². The van der Waals surface area contributed by atoms with Gasteiger partial charge in [0.05, 0.1) is 0 Å². The molecule has 0 aliphatic rings. The molecule has 1 amide bonds. The number of nitrogens with zero attached hydrogens (tertiary/aromatic N) is 1. The highest BCUT2D eigenvalue weighted by Crippen LogP contribution is 2.13. The average molecular weight is 276 g/mol. The maximum Gasteiger partial charge on any atom is 0.405 e. The molecule has 0 fully saturated rings. The van der Waals surface area contributed by atoms with Crippen molar-refractivity contribution in [3.8, 4) is 0 Å². The fourth-order valence-electron chi connectivity index (χ4n) is 1.88. The van der Waals surface area contributed by atoms with E-state index in [2.05, 4.69) is 0 Å². The Morgan fingerprint density at radius 1 is 1.42 bits per heavy atom. The van der Waals surface area contributed by atoms with Crippen molar-refractivity contribution in [2.24, 2.45) is 7.05 Å². The molecule has 0 aromatic carbocycles. The highest BCUT2D eigenvalue weighted by Gasteiger charge is 2.28. The maximum atomic E-state index is 12.0. The van der Waals surface area contributed by atoms with E-state index in [1.54, 1.807) is 12.2 Å². The summed E-state index contributed by atoms with van der Waals surface area (Å²) in [7, 11) is 1.49. The molecule has 1 aromatic heterocycles. The van der Waals surface area contributed by atoms with Crippen LogP contribution in [0.3, 0.4) is 0 Å². The van der Waals surface area contributed by atoms with Crippen molar-refractivity contribution in [1.29, 1.82) is 0 Å². The Labute approximate surface area is 108 Å². The fourth-order valence-corrected chi connectivity index (χ4v) is 1.88. The lowest BCUT2D eigenvalue weighted by Crippen LogP contribution is -2.38. The highest BCUT2D eigenvalue weighted by atomic mass is 19.4. The standard InChI is InChI=1S/C12H15F3N2O2/c1-4-9-7(2)5-8(11(19)17(9)3)10(18)16-6-12(13,14)15/h5H,4,6H2,1-3H3,(H,16,18). The Hall–Kier alpha value is -1.79. The first-order valence-electron chi connectivity index (χ1n) is 5.71. The van der Waals surface area contributed by atoms with E-state index < -0.39 is 24.2 Å². The van der Waals surface area contributed by atoms with Crippen LogP contribution in [0, 0.1) is 6.92 Å². The lowest BCUT2D eigenvalue weighted by Gasteiger charge is -2.13. The van der Waals surface area contributed by atoms with Gasteiger partial charge in [0.1, 0.15) is 12.1 Å². The van der Waals surface area contributed by atoms with E-state index in [1.165, 1.54) is 17.7 Å². The van der Waals surface area contributed by atoms with Gasteiger partial charge in [0.25, 0.3) is 11.5 Å². The number of hydrogen-bond donors (Lipinski definition) is 1. The van der Waals surface area contributed by atoms with Gasteiger partial charge in [-0.2, -0.15) is 13.2 Å². The van der Waals surface area contributed by atoms with Crippen molar-refractivity contribution in [2.75, 3.05) is 6.54 Å². The summed E-state index contributed by atoms with van der Waals surface area (Å²) in [6.07, 6.45) is -3.90. The Morgan fingerprint density at radius 2 is 2.00 bits per heavy atom. The summed E-state index contributed by atoms with van der Waals surface area (Å²) in [6.45, 7) is 2.10. The van der Waals surface area contributed by atoms with Crippen LogP contribution in [0.2, 0.25) is 0 Å². The zero-order valence-corrected chi connectivity index (χ0v) is 10.9. The summed E-state index contributed by atoms with van der Waals surface area (Å²) in [5.74, 6) is -1.01. The van der Waals surface area contributed by atoms with Gasteiger partial charge in [-0.15, -0.1) is 0 Å². The van der Waals surface area contributed by atoms with Crippen LogP contribution in [-0.2, 0) is 13.5 Å². The van der Waals surface area contributed by atoms with Gasteiger partial charge in [-0.05, 0) is 25.0 Å². The molecule has 0 unspecified atom stereocenters. The van der Waals surface area contributed by atoms with Gasteiger partial charge in [0.2, 0.25) is 0 Å². The van der Waals surface area contributed by atoms with E-state index in [-0.39, 0.29) is 5.56 Å². The van der Waals surface area contributed by atoms with E-state index in [4.69, 9.17) is 0 Å². The second-order valence-corrected chi connectivity index (χ2v) is 4.20. The van der Waals surface area contributed by atoms with Gasteiger partial charge in [-0.3, -0.25) is 9.59 Å². The Morgan fingerprint density at radius 3 is 2.47 bits per heavy atom. The number of pyridine rings is 1. The first-order chi connectivity index (χ1) is 8.67. The minimum absolute atomic E-state index is 0.276. The van der Waals surface area contributed by atoms with Crippen LogP contribution in [0.4, 0.5) is 13.2 Å². The molecule has 19 heavy (non-hydrogen) atoms. The number of rotatable bonds is 3. The molecule has 0 saturated carbocycles. The van der Waals surface area contributed by atoms with Crippen molar-refractivity contribution >= 4 is 5.91 Å². The van der Waals surface area contributed by atoms with Gasteiger partial charge in [-0.25, -0.2) is 0 Å². The molecule has 0 radical (unpaired) electrons. The molecule has 7 heteroatoms. The molecule has 0 aliphatic carbocycles. The number of nitrogens with one attached hydrogen (secondary N) is 1. The van der Waals surface area contributed by atoms with Crippen LogP contribution in [0.5, 0.6) is 0 Å². The molecule has 0 bridgehead atoms.